The fourth-order valence-electron chi connectivity index (χ4n) is 3.53. The Labute approximate surface area is 154 Å². The predicted molar refractivity (Wildman–Crippen MR) is 101 cm³/mol. The number of furan rings is 1. The van der Waals surface area contributed by atoms with E-state index in [9.17, 15) is 0 Å². The summed E-state index contributed by atoms with van der Waals surface area (Å²) in [7, 11) is 0. The van der Waals surface area contributed by atoms with Gasteiger partial charge in [0.1, 0.15) is 17.4 Å². The lowest BCUT2D eigenvalue weighted by molar-refractivity contribution is 0.465. The highest BCUT2D eigenvalue weighted by atomic mass is 35.5. The number of hydrogen-bond donors (Lipinski definition) is 1. The van der Waals surface area contributed by atoms with Crippen LogP contribution in [0.4, 0.5) is 0 Å². The largest absolute Gasteiger partial charge is 0.459 e. The predicted octanol–water partition coefficient (Wildman–Crippen LogP) is 5.72. The third-order valence-corrected chi connectivity index (χ3v) is 5.28. The van der Waals surface area contributed by atoms with Crippen molar-refractivity contribution in [3.8, 4) is 5.69 Å². The average molecular weight is 369 g/mol. The zero-order valence-corrected chi connectivity index (χ0v) is 14.7. The summed E-state index contributed by atoms with van der Waals surface area (Å²) in [5.41, 5.74) is 4.13. The summed E-state index contributed by atoms with van der Waals surface area (Å²) in [4.78, 5) is 0. The van der Waals surface area contributed by atoms with Crippen LogP contribution >= 0.6 is 23.2 Å². The van der Waals surface area contributed by atoms with Gasteiger partial charge in [0.15, 0.2) is 0 Å². The van der Waals surface area contributed by atoms with Crippen molar-refractivity contribution in [1.82, 2.24) is 9.88 Å². The molecule has 25 heavy (non-hydrogen) atoms. The number of fused-ring (bicyclic) bond motifs is 4. The number of aromatic nitrogens is 1. The molecule has 0 spiro atoms. The average Bonchev–Trinajstić information content (AvgIpc) is 3.20. The normalized spacial score (nSPS) is 16.5. The number of nitrogens with one attached hydrogen (secondary N) is 1. The molecule has 1 N–H and O–H groups in total. The molecule has 0 fully saturated rings. The first-order chi connectivity index (χ1) is 12.2. The number of halogens is 2. The van der Waals surface area contributed by atoms with E-state index in [4.69, 9.17) is 27.6 Å². The lowest BCUT2D eigenvalue weighted by atomic mass is 10.1. The number of rotatable bonds is 1. The molecular formula is C20H14Cl2N2O. The molecule has 0 radical (unpaired) electrons. The van der Waals surface area contributed by atoms with Gasteiger partial charge in [0.05, 0.1) is 5.69 Å². The van der Waals surface area contributed by atoms with Crippen molar-refractivity contribution >= 4 is 34.2 Å². The quantitative estimate of drug-likeness (QED) is 0.465. The van der Waals surface area contributed by atoms with Crippen molar-refractivity contribution in [3.63, 3.8) is 0 Å². The molecule has 3 heterocycles. The Morgan fingerprint density at radius 3 is 2.88 bits per heavy atom. The molecule has 0 bridgehead atoms. The Bertz CT molecular complexity index is 1100. The minimum absolute atomic E-state index is 0.0651. The summed E-state index contributed by atoms with van der Waals surface area (Å²) in [6.45, 7) is 0.666. The maximum absolute atomic E-state index is 6.43. The van der Waals surface area contributed by atoms with Crippen LogP contribution in [0.15, 0.2) is 65.2 Å². The zero-order chi connectivity index (χ0) is 17.0. The molecule has 124 valence electrons. The lowest BCUT2D eigenvalue weighted by Gasteiger charge is -2.14. The molecule has 2 aromatic carbocycles. The van der Waals surface area contributed by atoms with Gasteiger partial charge in [-0.1, -0.05) is 29.3 Å². The fraction of sp³-hybridized carbons (Fsp3) is 0.100. The van der Waals surface area contributed by atoms with Crippen LogP contribution in [0.3, 0.4) is 0 Å². The van der Waals surface area contributed by atoms with Crippen molar-refractivity contribution in [1.29, 1.82) is 0 Å². The number of nitrogens with zero attached hydrogens (tertiary/aromatic N) is 1. The third-order valence-electron chi connectivity index (χ3n) is 4.69. The van der Waals surface area contributed by atoms with Gasteiger partial charge in [-0.15, -0.1) is 0 Å². The van der Waals surface area contributed by atoms with Crippen molar-refractivity contribution in [2.45, 2.75) is 12.6 Å². The second kappa shape index (κ2) is 5.67. The standard InChI is InChI=1S/C20H14Cl2N2O/c21-13-6-7-18-12(9-13)10-19(25-18)20-17-5-2-8-24(17)16-4-1-3-15(22)14(16)11-23-20/h1-10,20,23H,11H2. The van der Waals surface area contributed by atoms with E-state index in [1.165, 1.54) is 0 Å². The molecule has 4 aromatic rings. The van der Waals surface area contributed by atoms with Crippen LogP contribution in [0, 0.1) is 0 Å². The Morgan fingerprint density at radius 1 is 1.04 bits per heavy atom. The molecule has 0 amide bonds. The molecule has 5 heteroatoms. The second-order valence-corrected chi connectivity index (χ2v) is 7.03. The maximum Gasteiger partial charge on any atom is 0.134 e. The van der Waals surface area contributed by atoms with Gasteiger partial charge in [-0.05, 0) is 48.5 Å². The lowest BCUT2D eigenvalue weighted by Crippen LogP contribution is -2.20. The maximum atomic E-state index is 6.43. The van der Waals surface area contributed by atoms with Gasteiger partial charge < -0.3 is 8.98 Å². The van der Waals surface area contributed by atoms with Crippen LogP contribution in [0.2, 0.25) is 10.0 Å². The summed E-state index contributed by atoms with van der Waals surface area (Å²) in [6.07, 6.45) is 2.06. The van der Waals surface area contributed by atoms with Gasteiger partial charge in [-0.3, -0.25) is 5.32 Å². The first kappa shape index (κ1) is 15.1. The van der Waals surface area contributed by atoms with Crippen LogP contribution in [0.1, 0.15) is 23.1 Å². The second-order valence-electron chi connectivity index (χ2n) is 6.19. The summed E-state index contributed by atoms with van der Waals surface area (Å²) >= 11 is 12.5. The number of benzene rings is 2. The highest BCUT2D eigenvalue weighted by Gasteiger charge is 2.26. The molecule has 1 aliphatic heterocycles. The van der Waals surface area contributed by atoms with Gasteiger partial charge in [0, 0.05) is 39.4 Å². The Kier molecular flexibility index (Phi) is 3.42. The van der Waals surface area contributed by atoms with Crippen molar-refractivity contribution < 1.29 is 4.42 Å². The van der Waals surface area contributed by atoms with Crippen molar-refractivity contribution in [3.05, 3.63) is 87.9 Å². The molecule has 1 unspecified atom stereocenters. The van der Waals surface area contributed by atoms with Crippen LogP contribution < -0.4 is 5.32 Å². The molecule has 0 aliphatic carbocycles. The van der Waals surface area contributed by atoms with E-state index in [0.717, 1.165) is 38.7 Å². The summed E-state index contributed by atoms with van der Waals surface area (Å²) in [5.74, 6) is 0.862. The fourth-order valence-corrected chi connectivity index (χ4v) is 3.95. The van der Waals surface area contributed by atoms with E-state index < -0.39 is 0 Å². The minimum atomic E-state index is -0.0651. The monoisotopic (exact) mass is 368 g/mol. The van der Waals surface area contributed by atoms with Crippen LogP contribution in [0.25, 0.3) is 16.7 Å². The third kappa shape index (κ3) is 2.39. The molecule has 1 atom stereocenters. The van der Waals surface area contributed by atoms with Crippen molar-refractivity contribution in [2.24, 2.45) is 0 Å². The first-order valence-electron chi connectivity index (χ1n) is 8.08. The SMILES string of the molecule is Clc1ccc2oc(C3NCc4c(Cl)cccc4-n4cccc43)cc2c1. The molecule has 0 saturated heterocycles. The van der Waals surface area contributed by atoms with E-state index >= 15 is 0 Å². The topological polar surface area (TPSA) is 30.1 Å². The van der Waals surface area contributed by atoms with Gasteiger partial charge in [0.2, 0.25) is 0 Å². The van der Waals surface area contributed by atoms with E-state index in [2.05, 4.69) is 28.2 Å². The molecular weight excluding hydrogens is 355 g/mol. The van der Waals surface area contributed by atoms with E-state index in [1.807, 2.05) is 42.5 Å². The highest BCUT2D eigenvalue weighted by Crippen LogP contribution is 2.35. The van der Waals surface area contributed by atoms with Gasteiger partial charge >= 0.3 is 0 Å². The molecule has 3 nitrogen and oxygen atoms in total. The Balaban J connectivity index is 1.67. The van der Waals surface area contributed by atoms with Gasteiger partial charge in [-0.25, -0.2) is 0 Å². The van der Waals surface area contributed by atoms with E-state index in [-0.39, 0.29) is 6.04 Å². The number of hydrogen-bond acceptors (Lipinski definition) is 2. The van der Waals surface area contributed by atoms with Gasteiger partial charge in [0.25, 0.3) is 0 Å². The Morgan fingerprint density at radius 2 is 1.96 bits per heavy atom. The molecule has 0 saturated carbocycles. The van der Waals surface area contributed by atoms with E-state index in [1.54, 1.807) is 0 Å². The summed E-state index contributed by atoms with van der Waals surface area (Å²) < 4.78 is 8.28. The van der Waals surface area contributed by atoms with Crippen LogP contribution in [-0.2, 0) is 6.54 Å². The van der Waals surface area contributed by atoms with Crippen LogP contribution in [0.5, 0.6) is 0 Å². The van der Waals surface area contributed by atoms with Crippen molar-refractivity contribution in [2.75, 3.05) is 0 Å². The Hall–Kier alpha value is -2.20. The summed E-state index contributed by atoms with van der Waals surface area (Å²) in [6, 6.07) is 17.8. The molecule has 2 aromatic heterocycles. The highest BCUT2D eigenvalue weighted by molar-refractivity contribution is 6.31. The van der Waals surface area contributed by atoms with E-state index in [0.29, 0.717) is 11.6 Å². The first-order valence-corrected chi connectivity index (χ1v) is 8.84. The van der Waals surface area contributed by atoms with Crippen LogP contribution in [-0.4, -0.2) is 4.57 Å². The summed E-state index contributed by atoms with van der Waals surface area (Å²) in [5, 5.41) is 6.05. The minimum Gasteiger partial charge on any atom is -0.459 e. The molecule has 1 aliphatic rings. The zero-order valence-electron chi connectivity index (χ0n) is 13.2. The van der Waals surface area contributed by atoms with Gasteiger partial charge in [-0.2, -0.15) is 0 Å². The molecule has 5 rings (SSSR count). The smallest absolute Gasteiger partial charge is 0.134 e.